The predicted octanol–water partition coefficient (Wildman–Crippen LogP) is 6.30. The van der Waals surface area contributed by atoms with Crippen LogP contribution in [0, 0.1) is 18.7 Å². The number of carboxylic acids is 2. The van der Waals surface area contributed by atoms with Gasteiger partial charge >= 0.3 is 11.9 Å². The van der Waals surface area contributed by atoms with Gasteiger partial charge in [0.15, 0.2) is 11.6 Å². The smallest absolute Gasteiger partial charge is 0.341 e. The number of aromatic nitrogens is 2. The third-order valence-corrected chi connectivity index (χ3v) is 10.9. The van der Waals surface area contributed by atoms with Crippen molar-refractivity contribution in [1.29, 1.82) is 0 Å². The van der Waals surface area contributed by atoms with E-state index in [2.05, 4.69) is 5.32 Å². The molecule has 4 heterocycles. The number of carbonyl (C=O) groups is 3. The van der Waals surface area contributed by atoms with Gasteiger partial charge in [-0.15, -0.1) is 0 Å². The molecule has 8 rings (SSSR count). The number of hydrogen-bond donors (Lipinski definition) is 3. The second-order valence-corrected chi connectivity index (χ2v) is 14.4. The largest absolute Gasteiger partial charge is 0.497 e. The number of ether oxygens (including phenoxy) is 2. The molecule has 1 aliphatic carbocycles. The third-order valence-electron chi connectivity index (χ3n) is 10.7. The fraction of sp³-hybridized carbons (Fsp3) is 0.350. The normalized spacial score (nSPS) is 17.9. The Labute approximate surface area is 314 Å². The van der Waals surface area contributed by atoms with Gasteiger partial charge in [-0.2, -0.15) is 0 Å². The van der Waals surface area contributed by atoms with E-state index in [9.17, 15) is 29.4 Å². The van der Waals surface area contributed by atoms with Gasteiger partial charge in [-0.05, 0) is 99.2 Å². The van der Waals surface area contributed by atoms with Crippen LogP contribution in [-0.4, -0.2) is 77.1 Å². The average Bonchev–Trinajstić information content (AvgIpc) is 3.85. The zero-order valence-corrected chi connectivity index (χ0v) is 30.8. The molecular weight excluding hydrogens is 719 g/mol. The lowest BCUT2D eigenvalue weighted by atomic mass is 9.94. The molecule has 0 spiro atoms. The minimum atomic E-state index is -1.30. The van der Waals surface area contributed by atoms with Crippen molar-refractivity contribution in [2.75, 3.05) is 38.8 Å². The molecule has 3 aromatic carbocycles. The second kappa shape index (κ2) is 14.8. The SMILES string of the molecule is COc1c(N2C[C@@H]3CCCN[C@@H]3C2)c(F)cc2c(=O)c(C(=O)O)cn(C3CC3)c12.COc1ccc2c(c1)c(CC(=O)O)c(C)n2C(=O)c1ccc(Cl)cc1. The highest BCUT2D eigenvalue weighted by molar-refractivity contribution is 6.30. The van der Waals surface area contributed by atoms with Crippen LogP contribution in [0.4, 0.5) is 10.1 Å². The van der Waals surface area contributed by atoms with Gasteiger partial charge in [-0.1, -0.05) is 11.6 Å². The highest BCUT2D eigenvalue weighted by Crippen LogP contribution is 2.45. The highest BCUT2D eigenvalue weighted by Gasteiger charge is 2.38. The van der Waals surface area contributed by atoms with Crippen molar-refractivity contribution in [2.24, 2.45) is 5.92 Å². The molecule has 2 aromatic heterocycles. The minimum absolute atomic E-state index is 0.0599. The number of nitrogens with one attached hydrogen (secondary N) is 1. The molecule has 2 saturated heterocycles. The van der Waals surface area contributed by atoms with Crippen molar-refractivity contribution in [1.82, 2.24) is 14.5 Å². The molecule has 3 aliphatic rings. The molecule has 282 valence electrons. The summed E-state index contributed by atoms with van der Waals surface area (Å²) in [6.07, 6.45) is 5.23. The average molecular weight is 759 g/mol. The van der Waals surface area contributed by atoms with Crippen LogP contribution in [-0.2, 0) is 11.2 Å². The van der Waals surface area contributed by atoms with E-state index in [1.165, 1.54) is 23.9 Å². The number of pyridine rings is 1. The van der Waals surface area contributed by atoms with Crippen molar-refractivity contribution in [3.05, 3.63) is 98.2 Å². The number of aromatic carboxylic acids is 1. The molecule has 0 unspecified atom stereocenters. The maximum Gasteiger partial charge on any atom is 0.341 e. The monoisotopic (exact) mass is 758 g/mol. The highest BCUT2D eigenvalue weighted by atomic mass is 35.5. The van der Waals surface area contributed by atoms with Crippen molar-refractivity contribution >= 4 is 56.9 Å². The van der Waals surface area contributed by atoms with Crippen molar-refractivity contribution in [2.45, 2.75) is 51.1 Å². The number of carbonyl (C=O) groups excluding carboxylic acids is 1. The lowest BCUT2D eigenvalue weighted by molar-refractivity contribution is -0.136. The first-order valence-corrected chi connectivity index (χ1v) is 18.2. The van der Waals surface area contributed by atoms with E-state index in [-0.39, 0.29) is 29.3 Å². The number of halogens is 2. The van der Waals surface area contributed by atoms with Crippen LogP contribution in [0.3, 0.4) is 0 Å². The topological polar surface area (TPSA) is 152 Å². The Hall–Kier alpha value is -5.40. The number of aliphatic carboxylic acids is 1. The van der Waals surface area contributed by atoms with E-state index in [0.29, 0.717) is 74.0 Å². The van der Waals surface area contributed by atoms with Gasteiger partial charge in [0.25, 0.3) is 5.91 Å². The number of anilines is 1. The summed E-state index contributed by atoms with van der Waals surface area (Å²) in [5.74, 6) is -1.65. The third kappa shape index (κ3) is 6.77. The molecule has 3 N–H and O–H groups in total. The fourth-order valence-electron chi connectivity index (χ4n) is 7.90. The molecule has 3 fully saturated rings. The molecule has 0 radical (unpaired) electrons. The summed E-state index contributed by atoms with van der Waals surface area (Å²) < 4.78 is 29.6. The summed E-state index contributed by atoms with van der Waals surface area (Å²) in [5, 5.41) is 23.5. The molecule has 14 heteroatoms. The first-order valence-electron chi connectivity index (χ1n) is 17.8. The number of carboxylic acid groups (broad SMARTS) is 2. The summed E-state index contributed by atoms with van der Waals surface area (Å²) in [6, 6.07) is 13.5. The summed E-state index contributed by atoms with van der Waals surface area (Å²) in [4.78, 5) is 50.6. The van der Waals surface area contributed by atoms with Crippen LogP contribution in [0.5, 0.6) is 11.5 Å². The molecule has 1 saturated carbocycles. The van der Waals surface area contributed by atoms with Crippen LogP contribution < -0.4 is 25.1 Å². The van der Waals surface area contributed by atoms with Crippen molar-refractivity contribution in [3.63, 3.8) is 0 Å². The van der Waals surface area contributed by atoms with Gasteiger partial charge in [0.2, 0.25) is 5.43 Å². The van der Waals surface area contributed by atoms with Crippen LogP contribution in [0.25, 0.3) is 21.8 Å². The van der Waals surface area contributed by atoms with Crippen LogP contribution in [0.15, 0.2) is 59.5 Å². The zero-order valence-electron chi connectivity index (χ0n) is 30.0. The van der Waals surface area contributed by atoms with E-state index in [4.69, 9.17) is 21.1 Å². The standard InChI is InChI=1S/C21H24FN3O4.C19H16ClNO4/c1-29-20-17-13(19(26)14(21(27)28)9-25(17)12-4-5-12)7-15(22)18(20)24-8-11-3-2-6-23-16(11)10-24;1-11-15(10-18(22)23)16-9-14(25-2)7-8-17(16)21(11)19(24)12-3-5-13(20)6-4-12/h7,9,11-12,16,23H,2-6,8,10H2,1H3,(H,27,28);3-9H,10H2,1-2H3,(H,22,23)/t11-,16+;/m0./s1. The second-order valence-electron chi connectivity index (χ2n) is 14.0. The fourth-order valence-corrected chi connectivity index (χ4v) is 8.03. The number of hydrogen-bond acceptors (Lipinski definition) is 8. The van der Waals surface area contributed by atoms with Gasteiger partial charge < -0.3 is 34.5 Å². The molecule has 54 heavy (non-hydrogen) atoms. The van der Waals surface area contributed by atoms with Gasteiger partial charge in [0.05, 0.1) is 37.1 Å². The number of benzene rings is 3. The molecule has 12 nitrogen and oxygen atoms in total. The van der Waals surface area contributed by atoms with Gasteiger partial charge in [-0.25, -0.2) is 9.18 Å². The molecule has 2 atom stereocenters. The molecule has 5 aromatic rings. The Balaban J connectivity index is 0.000000169. The first-order chi connectivity index (χ1) is 25.9. The van der Waals surface area contributed by atoms with Gasteiger partial charge in [-0.3, -0.25) is 19.0 Å². The summed E-state index contributed by atoms with van der Waals surface area (Å²) in [7, 11) is 3.02. The Kier molecular flexibility index (Phi) is 10.1. The Morgan fingerprint density at radius 3 is 2.35 bits per heavy atom. The Morgan fingerprint density at radius 1 is 0.981 bits per heavy atom. The number of nitrogens with zero attached hydrogens (tertiary/aromatic N) is 3. The molecular formula is C40H40ClFN4O8. The van der Waals surface area contributed by atoms with E-state index in [1.54, 1.807) is 61.1 Å². The van der Waals surface area contributed by atoms with E-state index in [0.717, 1.165) is 38.8 Å². The molecule has 0 amide bonds. The van der Waals surface area contributed by atoms with Crippen molar-refractivity contribution in [3.8, 4) is 11.5 Å². The number of rotatable bonds is 8. The van der Waals surface area contributed by atoms with E-state index in [1.807, 2.05) is 4.90 Å². The maximum atomic E-state index is 15.3. The van der Waals surface area contributed by atoms with Crippen LogP contribution >= 0.6 is 11.6 Å². The molecule has 0 bridgehead atoms. The van der Waals surface area contributed by atoms with E-state index >= 15 is 4.39 Å². The Bertz CT molecular complexity index is 2350. The van der Waals surface area contributed by atoms with Gasteiger partial charge in [0.1, 0.15) is 17.0 Å². The zero-order chi connectivity index (χ0) is 38.4. The lowest BCUT2D eigenvalue weighted by Crippen LogP contribution is -2.40. The van der Waals surface area contributed by atoms with E-state index < -0.39 is 23.2 Å². The quantitative estimate of drug-likeness (QED) is 0.165. The maximum absolute atomic E-state index is 15.3. The number of methoxy groups -OCH3 is 2. The van der Waals surface area contributed by atoms with Crippen LogP contribution in [0.1, 0.15) is 63.7 Å². The Morgan fingerprint density at radius 2 is 1.72 bits per heavy atom. The first kappa shape index (κ1) is 36.9. The molecule has 2 aliphatic heterocycles. The predicted molar refractivity (Wildman–Crippen MR) is 202 cm³/mol. The van der Waals surface area contributed by atoms with Gasteiger partial charge in [0, 0.05) is 53.0 Å². The summed E-state index contributed by atoms with van der Waals surface area (Å²) >= 11 is 5.89. The summed E-state index contributed by atoms with van der Waals surface area (Å²) in [6.45, 7) is 4.14. The number of piperidine rings is 1. The van der Waals surface area contributed by atoms with Crippen LogP contribution in [0.2, 0.25) is 5.02 Å². The minimum Gasteiger partial charge on any atom is -0.497 e. The van der Waals surface area contributed by atoms with Crippen molar-refractivity contribution < 1.29 is 38.5 Å². The number of fused-ring (bicyclic) bond motifs is 3. The summed E-state index contributed by atoms with van der Waals surface area (Å²) in [5.41, 5.74) is 2.17. The lowest BCUT2D eigenvalue weighted by Gasteiger charge is -2.25.